The molecule has 1 atom stereocenters. The van der Waals surface area contributed by atoms with Crippen LogP contribution in [0.15, 0.2) is 12.1 Å². The first-order chi connectivity index (χ1) is 6.18. The molecule has 0 radical (unpaired) electrons. The van der Waals surface area contributed by atoms with Crippen LogP contribution in [-0.4, -0.2) is 12.6 Å². The van der Waals surface area contributed by atoms with Crippen LogP contribution in [0.5, 0.6) is 5.75 Å². The number of anilines is 1. The van der Waals surface area contributed by atoms with Gasteiger partial charge in [0.1, 0.15) is 6.10 Å². The fourth-order valence-electron chi connectivity index (χ4n) is 1.28. The van der Waals surface area contributed by atoms with E-state index in [9.17, 15) is 8.78 Å². The van der Waals surface area contributed by atoms with Gasteiger partial charge in [0.25, 0.3) is 0 Å². The standard InChI is InChI=1S/C9H9F2NO.ClH/c1-5-4-12-7-3-2-6(10)8(11)9(7)13-5;/h2-3,5,12H,4H2,1H3;1H. The van der Waals surface area contributed by atoms with Crippen LogP contribution in [0.1, 0.15) is 6.92 Å². The Morgan fingerprint density at radius 3 is 2.86 bits per heavy atom. The van der Waals surface area contributed by atoms with Gasteiger partial charge >= 0.3 is 0 Å². The summed E-state index contributed by atoms with van der Waals surface area (Å²) in [5.41, 5.74) is 0.511. The molecule has 14 heavy (non-hydrogen) atoms. The van der Waals surface area contributed by atoms with Crippen molar-refractivity contribution >= 4 is 18.1 Å². The Kier molecular flexibility index (Phi) is 3.16. The summed E-state index contributed by atoms with van der Waals surface area (Å²) in [6.07, 6.45) is -0.135. The minimum atomic E-state index is -0.920. The van der Waals surface area contributed by atoms with Gasteiger partial charge in [-0.25, -0.2) is 4.39 Å². The molecule has 2 rings (SSSR count). The van der Waals surface area contributed by atoms with Crippen molar-refractivity contribution in [3.8, 4) is 5.75 Å². The molecule has 0 spiro atoms. The van der Waals surface area contributed by atoms with Gasteiger partial charge in [0, 0.05) is 0 Å². The average Bonchev–Trinajstić information content (AvgIpc) is 2.12. The molecule has 0 saturated heterocycles. The van der Waals surface area contributed by atoms with E-state index >= 15 is 0 Å². The Labute approximate surface area is 86.7 Å². The van der Waals surface area contributed by atoms with E-state index in [0.29, 0.717) is 12.2 Å². The number of nitrogens with one attached hydrogen (secondary N) is 1. The second kappa shape index (κ2) is 4.00. The second-order valence-electron chi connectivity index (χ2n) is 3.05. The summed E-state index contributed by atoms with van der Waals surface area (Å²) in [6.45, 7) is 2.40. The lowest BCUT2D eigenvalue weighted by atomic mass is 10.2. The van der Waals surface area contributed by atoms with Crippen molar-refractivity contribution < 1.29 is 13.5 Å². The summed E-state index contributed by atoms with van der Waals surface area (Å²) in [4.78, 5) is 0. The molecule has 1 aliphatic heterocycles. The number of rotatable bonds is 0. The Bertz CT molecular complexity index is 346. The zero-order valence-electron chi connectivity index (χ0n) is 7.51. The summed E-state index contributed by atoms with van der Waals surface area (Å²) in [5, 5.41) is 2.95. The molecule has 5 heteroatoms. The fourth-order valence-corrected chi connectivity index (χ4v) is 1.28. The van der Waals surface area contributed by atoms with Crippen LogP contribution in [-0.2, 0) is 0 Å². The molecular formula is C9H10ClF2NO. The Morgan fingerprint density at radius 1 is 1.43 bits per heavy atom. The Hall–Kier alpha value is -1.03. The van der Waals surface area contributed by atoms with Crippen molar-refractivity contribution in [1.29, 1.82) is 0 Å². The molecule has 2 nitrogen and oxygen atoms in total. The summed E-state index contributed by atoms with van der Waals surface area (Å²) >= 11 is 0. The first-order valence-corrected chi connectivity index (χ1v) is 4.07. The van der Waals surface area contributed by atoms with Crippen LogP contribution in [0.3, 0.4) is 0 Å². The molecule has 1 unspecified atom stereocenters. The predicted octanol–water partition coefficient (Wildman–Crippen LogP) is 2.58. The number of halogens is 3. The number of benzene rings is 1. The minimum absolute atomic E-state index is 0. The van der Waals surface area contributed by atoms with Crippen molar-refractivity contribution in [2.24, 2.45) is 0 Å². The van der Waals surface area contributed by atoms with Gasteiger partial charge < -0.3 is 10.1 Å². The van der Waals surface area contributed by atoms with Crippen LogP contribution in [0, 0.1) is 11.6 Å². The zero-order chi connectivity index (χ0) is 9.42. The monoisotopic (exact) mass is 221 g/mol. The number of ether oxygens (including phenoxy) is 1. The van der Waals surface area contributed by atoms with E-state index in [0.717, 1.165) is 6.07 Å². The first kappa shape index (κ1) is 11.0. The fraction of sp³-hybridized carbons (Fsp3) is 0.333. The molecule has 1 heterocycles. The summed E-state index contributed by atoms with van der Waals surface area (Å²) in [7, 11) is 0. The van der Waals surface area contributed by atoms with E-state index in [1.54, 1.807) is 6.92 Å². The predicted molar refractivity (Wildman–Crippen MR) is 52.2 cm³/mol. The summed E-state index contributed by atoms with van der Waals surface area (Å²) in [6, 6.07) is 2.56. The largest absolute Gasteiger partial charge is 0.484 e. The lowest BCUT2D eigenvalue weighted by Crippen LogP contribution is -2.28. The van der Waals surface area contributed by atoms with Gasteiger partial charge in [-0.1, -0.05) is 0 Å². The zero-order valence-corrected chi connectivity index (χ0v) is 8.33. The van der Waals surface area contributed by atoms with E-state index in [2.05, 4.69) is 5.32 Å². The molecule has 0 bridgehead atoms. The van der Waals surface area contributed by atoms with E-state index in [1.165, 1.54) is 6.07 Å². The summed E-state index contributed by atoms with van der Waals surface area (Å²) < 4.78 is 31.0. The molecule has 1 N–H and O–H groups in total. The molecule has 1 aliphatic rings. The van der Waals surface area contributed by atoms with Crippen molar-refractivity contribution in [2.75, 3.05) is 11.9 Å². The van der Waals surface area contributed by atoms with Crippen LogP contribution in [0.4, 0.5) is 14.5 Å². The lowest BCUT2D eigenvalue weighted by molar-refractivity contribution is 0.212. The Balaban J connectivity index is 0.000000980. The van der Waals surface area contributed by atoms with Gasteiger partial charge in [0.2, 0.25) is 5.82 Å². The van der Waals surface area contributed by atoms with Gasteiger partial charge in [-0.3, -0.25) is 0 Å². The second-order valence-corrected chi connectivity index (χ2v) is 3.05. The topological polar surface area (TPSA) is 21.3 Å². The number of fused-ring (bicyclic) bond motifs is 1. The van der Waals surface area contributed by atoms with E-state index in [4.69, 9.17) is 4.74 Å². The molecule has 0 saturated carbocycles. The van der Waals surface area contributed by atoms with E-state index < -0.39 is 11.6 Å². The molecule has 0 aromatic heterocycles. The molecule has 1 aromatic rings. The highest BCUT2D eigenvalue weighted by molar-refractivity contribution is 5.85. The highest BCUT2D eigenvalue weighted by Gasteiger charge is 2.21. The van der Waals surface area contributed by atoms with E-state index in [1.807, 2.05) is 0 Å². The van der Waals surface area contributed by atoms with Crippen LogP contribution < -0.4 is 10.1 Å². The third-order valence-electron chi connectivity index (χ3n) is 1.95. The Morgan fingerprint density at radius 2 is 2.14 bits per heavy atom. The number of hydrogen-bond donors (Lipinski definition) is 1. The highest BCUT2D eigenvalue weighted by Crippen LogP contribution is 2.32. The maximum absolute atomic E-state index is 13.1. The van der Waals surface area contributed by atoms with Crippen molar-refractivity contribution in [2.45, 2.75) is 13.0 Å². The van der Waals surface area contributed by atoms with Gasteiger partial charge in [-0.15, -0.1) is 12.4 Å². The highest BCUT2D eigenvalue weighted by atomic mass is 35.5. The van der Waals surface area contributed by atoms with Gasteiger partial charge in [0.05, 0.1) is 12.2 Å². The maximum Gasteiger partial charge on any atom is 0.202 e. The van der Waals surface area contributed by atoms with Crippen LogP contribution >= 0.6 is 12.4 Å². The van der Waals surface area contributed by atoms with Crippen molar-refractivity contribution in [3.63, 3.8) is 0 Å². The van der Waals surface area contributed by atoms with Gasteiger partial charge in [-0.2, -0.15) is 4.39 Å². The average molecular weight is 222 g/mol. The molecule has 78 valence electrons. The third-order valence-corrected chi connectivity index (χ3v) is 1.95. The van der Waals surface area contributed by atoms with Crippen molar-refractivity contribution in [1.82, 2.24) is 0 Å². The first-order valence-electron chi connectivity index (χ1n) is 4.07. The van der Waals surface area contributed by atoms with Crippen LogP contribution in [0.25, 0.3) is 0 Å². The maximum atomic E-state index is 13.1. The molecule has 0 fully saturated rings. The van der Waals surface area contributed by atoms with Gasteiger partial charge in [-0.05, 0) is 19.1 Å². The van der Waals surface area contributed by atoms with Gasteiger partial charge in [0.15, 0.2) is 11.6 Å². The minimum Gasteiger partial charge on any atom is -0.484 e. The summed E-state index contributed by atoms with van der Waals surface area (Å²) in [5.74, 6) is -1.81. The SMILES string of the molecule is CC1CNc2ccc(F)c(F)c2O1.Cl. The number of hydrogen-bond acceptors (Lipinski definition) is 2. The molecule has 1 aromatic carbocycles. The lowest BCUT2D eigenvalue weighted by Gasteiger charge is -2.24. The molecule has 0 amide bonds. The smallest absolute Gasteiger partial charge is 0.202 e. The van der Waals surface area contributed by atoms with Crippen molar-refractivity contribution in [3.05, 3.63) is 23.8 Å². The molecule has 0 aliphatic carbocycles. The molecular weight excluding hydrogens is 212 g/mol. The third kappa shape index (κ3) is 1.75. The normalized spacial score (nSPS) is 18.6. The van der Waals surface area contributed by atoms with E-state index in [-0.39, 0.29) is 24.3 Å². The van der Waals surface area contributed by atoms with Crippen LogP contribution in [0.2, 0.25) is 0 Å². The quantitative estimate of drug-likeness (QED) is 0.727.